The zero-order valence-corrected chi connectivity index (χ0v) is 7.42. The molecule has 1 heterocycles. The summed E-state index contributed by atoms with van der Waals surface area (Å²) in [5.41, 5.74) is 0. The minimum absolute atomic E-state index is 0.102. The van der Waals surface area contributed by atoms with Gasteiger partial charge in [-0.3, -0.25) is 4.79 Å². The zero-order valence-electron chi connectivity index (χ0n) is 7.42. The molecule has 0 saturated carbocycles. The molecule has 1 aromatic rings. The average Bonchev–Trinajstić information content (AvgIpc) is 2.34. The zero-order chi connectivity index (χ0) is 9.14. The van der Waals surface area contributed by atoms with Crippen LogP contribution in [0.4, 0.5) is 0 Å². The number of carbonyl (C=O) groups excluding carboxylic acids is 1. The Morgan fingerprint density at radius 2 is 2.33 bits per heavy atom. The number of nitrogens with zero attached hydrogens (tertiary/aromatic N) is 1. The number of aryl methyl sites for hydroxylation is 1. The van der Waals surface area contributed by atoms with Crippen molar-refractivity contribution < 1.29 is 9.21 Å². The molecule has 1 amide bonds. The fourth-order valence-electron chi connectivity index (χ4n) is 0.784. The van der Waals surface area contributed by atoms with Crippen LogP contribution in [-0.4, -0.2) is 16.9 Å². The standard InChI is InChI=1S/C8H12N2O2/c1-5(2)10-7(11)8-9-4-6(3)12-8/h4-5H,1-3H3,(H,10,11). The molecule has 0 bridgehead atoms. The van der Waals surface area contributed by atoms with Gasteiger partial charge in [0.15, 0.2) is 0 Å². The van der Waals surface area contributed by atoms with Gasteiger partial charge in [0.1, 0.15) is 5.76 Å². The number of amides is 1. The third-order valence-electron chi connectivity index (χ3n) is 1.24. The van der Waals surface area contributed by atoms with Crippen molar-refractivity contribution >= 4 is 5.91 Å². The van der Waals surface area contributed by atoms with E-state index < -0.39 is 0 Å². The molecule has 1 aromatic heterocycles. The first-order chi connectivity index (χ1) is 5.59. The first-order valence-corrected chi connectivity index (χ1v) is 3.83. The normalized spacial score (nSPS) is 10.3. The number of carbonyl (C=O) groups is 1. The van der Waals surface area contributed by atoms with Crippen molar-refractivity contribution in [3.8, 4) is 0 Å². The summed E-state index contributed by atoms with van der Waals surface area (Å²) in [6.45, 7) is 5.51. The van der Waals surface area contributed by atoms with Crippen molar-refractivity contribution in [3.63, 3.8) is 0 Å². The lowest BCUT2D eigenvalue weighted by Crippen LogP contribution is -2.30. The summed E-state index contributed by atoms with van der Waals surface area (Å²) in [4.78, 5) is 15.0. The van der Waals surface area contributed by atoms with E-state index in [9.17, 15) is 4.79 Å². The highest BCUT2D eigenvalue weighted by Crippen LogP contribution is 2.01. The molecular formula is C8H12N2O2. The first-order valence-electron chi connectivity index (χ1n) is 3.83. The summed E-state index contributed by atoms with van der Waals surface area (Å²) in [7, 11) is 0. The van der Waals surface area contributed by atoms with E-state index in [4.69, 9.17) is 4.42 Å². The largest absolute Gasteiger partial charge is 0.438 e. The van der Waals surface area contributed by atoms with E-state index in [0.29, 0.717) is 5.76 Å². The Balaban J connectivity index is 2.65. The Morgan fingerprint density at radius 1 is 1.67 bits per heavy atom. The molecule has 1 N–H and O–H groups in total. The average molecular weight is 168 g/mol. The summed E-state index contributed by atoms with van der Waals surface area (Å²) >= 11 is 0. The number of hydrogen-bond acceptors (Lipinski definition) is 3. The van der Waals surface area contributed by atoms with Crippen LogP contribution in [0.25, 0.3) is 0 Å². The van der Waals surface area contributed by atoms with Gasteiger partial charge in [-0.2, -0.15) is 0 Å². The Hall–Kier alpha value is -1.32. The molecule has 0 fully saturated rings. The van der Waals surface area contributed by atoms with Gasteiger partial charge in [-0.25, -0.2) is 4.98 Å². The van der Waals surface area contributed by atoms with E-state index in [1.54, 1.807) is 6.92 Å². The third-order valence-corrected chi connectivity index (χ3v) is 1.24. The van der Waals surface area contributed by atoms with E-state index in [0.717, 1.165) is 0 Å². The summed E-state index contributed by atoms with van der Waals surface area (Å²) in [6.07, 6.45) is 1.52. The lowest BCUT2D eigenvalue weighted by molar-refractivity contribution is 0.0907. The van der Waals surface area contributed by atoms with Gasteiger partial charge in [-0.1, -0.05) is 0 Å². The van der Waals surface area contributed by atoms with Crippen molar-refractivity contribution in [3.05, 3.63) is 17.8 Å². The Morgan fingerprint density at radius 3 is 2.75 bits per heavy atom. The van der Waals surface area contributed by atoms with Crippen molar-refractivity contribution in [1.29, 1.82) is 0 Å². The first kappa shape index (κ1) is 8.77. The van der Waals surface area contributed by atoms with Gasteiger partial charge in [0, 0.05) is 6.04 Å². The molecule has 0 aliphatic carbocycles. The maximum Gasteiger partial charge on any atom is 0.307 e. The molecule has 12 heavy (non-hydrogen) atoms. The molecule has 4 heteroatoms. The Labute approximate surface area is 71.0 Å². The van der Waals surface area contributed by atoms with E-state index in [1.807, 2.05) is 13.8 Å². The molecule has 4 nitrogen and oxygen atoms in total. The van der Waals surface area contributed by atoms with E-state index in [1.165, 1.54) is 6.20 Å². The lowest BCUT2D eigenvalue weighted by Gasteiger charge is -2.04. The number of oxazole rings is 1. The van der Waals surface area contributed by atoms with Gasteiger partial charge in [-0.15, -0.1) is 0 Å². The highest BCUT2D eigenvalue weighted by molar-refractivity contribution is 5.89. The van der Waals surface area contributed by atoms with E-state index in [2.05, 4.69) is 10.3 Å². The van der Waals surface area contributed by atoms with Gasteiger partial charge < -0.3 is 9.73 Å². The predicted octanol–water partition coefficient (Wildman–Crippen LogP) is 1.12. The van der Waals surface area contributed by atoms with Crippen molar-refractivity contribution in [1.82, 2.24) is 10.3 Å². The fraction of sp³-hybridized carbons (Fsp3) is 0.500. The number of nitrogens with one attached hydrogen (secondary N) is 1. The Bertz CT molecular complexity index is 278. The minimum atomic E-state index is -0.266. The molecule has 0 spiro atoms. The molecule has 0 aromatic carbocycles. The molecule has 66 valence electrons. The van der Waals surface area contributed by atoms with Crippen LogP contribution in [0.3, 0.4) is 0 Å². The van der Waals surface area contributed by atoms with Crippen LogP contribution >= 0.6 is 0 Å². The van der Waals surface area contributed by atoms with Crippen molar-refractivity contribution in [2.45, 2.75) is 26.8 Å². The number of hydrogen-bond donors (Lipinski definition) is 1. The molecular weight excluding hydrogens is 156 g/mol. The minimum Gasteiger partial charge on any atom is -0.438 e. The van der Waals surface area contributed by atoms with Gasteiger partial charge in [0.2, 0.25) is 0 Å². The van der Waals surface area contributed by atoms with Crippen molar-refractivity contribution in [2.75, 3.05) is 0 Å². The number of rotatable bonds is 2. The quantitative estimate of drug-likeness (QED) is 0.720. The molecule has 0 aliphatic heterocycles. The second kappa shape index (κ2) is 3.38. The van der Waals surface area contributed by atoms with Crippen LogP contribution < -0.4 is 5.32 Å². The van der Waals surface area contributed by atoms with E-state index >= 15 is 0 Å². The highest BCUT2D eigenvalue weighted by atomic mass is 16.4. The molecule has 0 saturated heterocycles. The lowest BCUT2D eigenvalue weighted by atomic mass is 10.4. The second-order valence-electron chi connectivity index (χ2n) is 2.90. The maximum absolute atomic E-state index is 11.2. The van der Waals surface area contributed by atoms with Crippen LogP contribution in [0.2, 0.25) is 0 Å². The van der Waals surface area contributed by atoms with Crippen molar-refractivity contribution in [2.24, 2.45) is 0 Å². The Kier molecular flexibility index (Phi) is 2.47. The van der Waals surface area contributed by atoms with Crippen LogP contribution in [-0.2, 0) is 0 Å². The summed E-state index contributed by atoms with van der Waals surface area (Å²) in [5.74, 6) is 0.503. The van der Waals surface area contributed by atoms with Crippen LogP contribution in [0, 0.1) is 6.92 Å². The van der Waals surface area contributed by atoms with Crippen LogP contribution in [0.5, 0.6) is 0 Å². The molecule has 0 aliphatic rings. The number of aromatic nitrogens is 1. The SMILES string of the molecule is Cc1cnc(C(=O)NC(C)C)o1. The monoisotopic (exact) mass is 168 g/mol. The highest BCUT2D eigenvalue weighted by Gasteiger charge is 2.11. The summed E-state index contributed by atoms with van der Waals surface area (Å²) in [6, 6.07) is 0.102. The molecule has 1 rings (SSSR count). The molecule has 0 radical (unpaired) electrons. The van der Waals surface area contributed by atoms with Crippen LogP contribution in [0.1, 0.15) is 30.3 Å². The second-order valence-corrected chi connectivity index (χ2v) is 2.90. The van der Waals surface area contributed by atoms with Gasteiger partial charge in [0.25, 0.3) is 5.89 Å². The molecule has 0 atom stereocenters. The topological polar surface area (TPSA) is 55.1 Å². The van der Waals surface area contributed by atoms with E-state index in [-0.39, 0.29) is 17.8 Å². The summed E-state index contributed by atoms with van der Waals surface area (Å²) < 4.78 is 5.02. The van der Waals surface area contributed by atoms with Gasteiger partial charge in [-0.05, 0) is 20.8 Å². The van der Waals surface area contributed by atoms with Gasteiger partial charge in [0.05, 0.1) is 6.20 Å². The van der Waals surface area contributed by atoms with Crippen LogP contribution in [0.15, 0.2) is 10.6 Å². The maximum atomic E-state index is 11.2. The summed E-state index contributed by atoms with van der Waals surface area (Å²) in [5, 5.41) is 2.68. The third kappa shape index (κ3) is 2.08. The smallest absolute Gasteiger partial charge is 0.307 e. The fourth-order valence-corrected chi connectivity index (χ4v) is 0.784. The molecule has 0 unspecified atom stereocenters. The predicted molar refractivity (Wildman–Crippen MR) is 43.8 cm³/mol. The van der Waals surface area contributed by atoms with Gasteiger partial charge >= 0.3 is 5.91 Å².